The Morgan fingerprint density at radius 2 is 1.70 bits per heavy atom. The topological polar surface area (TPSA) is 0 Å². The Morgan fingerprint density at radius 1 is 0.900 bits per heavy atom. The van der Waals surface area contributed by atoms with Crippen molar-refractivity contribution in [2.24, 2.45) is 0 Å². The largest absolute Gasteiger partial charge is 0.0882 e. The Morgan fingerprint density at radius 3 is 2.70 bits per heavy atom. The molecular weight excluding hydrogens is 120 g/mol. The van der Waals surface area contributed by atoms with Gasteiger partial charge in [0.2, 0.25) is 0 Å². The minimum absolute atomic E-state index is 1.06. The van der Waals surface area contributed by atoms with E-state index in [1.165, 1.54) is 6.42 Å². The zero-order valence-corrected chi connectivity index (χ0v) is 6.22. The van der Waals surface area contributed by atoms with Crippen LogP contribution in [0.2, 0.25) is 0 Å². The molecule has 0 heteroatoms. The summed E-state index contributed by atoms with van der Waals surface area (Å²) in [7, 11) is 0. The third-order valence-electron chi connectivity index (χ3n) is 1.47. The number of rotatable bonds is 0. The minimum atomic E-state index is 1.06. The van der Waals surface area contributed by atoms with Crippen molar-refractivity contribution in [1.82, 2.24) is 0 Å². The van der Waals surface area contributed by atoms with E-state index < -0.39 is 0 Å². The summed E-state index contributed by atoms with van der Waals surface area (Å²) < 4.78 is 0. The molecule has 0 saturated heterocycles. The summed E-state index contributed by atoms with van der Waals surface area (Å²) in [6.07, 6.45) is 18.5. The van der Waals surface area contributed by atoms with Crippen LogP contribution in [-0.4, -0.2) is 0 Å². The maximum Gasteiger partial charge on any atom is -0.0241 e. The molecule has 0 spiro atoms. The first-order valence-corrected chi connectivity index (χ1v) is 3.87. The molecule has 0 N–H and O–H groups in total. The summed E-state index contributed by atoms with van der Waals surface area (Å²) in [5, 5.41) is 0. The first-order chi connectivity index (χ1) is 5.00. The molecule has 0 nitrogen and oxygen atoms in total. The van der Waals surface area contributed by atoms with Gasteiger partial charge in [0.05, 0.1) is 0 Å². The number of hydrogen-bond donors (Lipinski definition) is 0. The highest BCUT2D eigenvalue weighted by Gasteiger charge is 1.80. The van der Waals surface area contributed by atoms with Crippen molar-refractivity contribution in [3.8, 4) is 0 Å². The van der Waals surface area contributed by atoms with Crippen LogP contribution in [0.4, 0.5) is 0 Å². The third kappa shape index (κ3) is 3.29. The van der Waals surface area contributed by atoms with E-state index in [0.29, 0.717) is 0 Å². The molecule has 1 radical (unpaired) electrons. The van der Waals surface area contributed by atoms with Gasteiger partial charge in [-0.3, -0.25) is 0 Å². The lowest BCUT2D eigenvalue weighted by Crippen LogP contribution is -1.70. The monoisotopic (exact) mass is 133 g/mol. The van der Waals surface area contributed by atoms with Crippen LogP contribution in [-0.2, 0) is 0 Å². The molecule has 0 heterocycles. The van der Waals surface area contributed by atoms with Crippen LogP contribution in [0.3, 0.4) is 0 Å². The molecule has 53 valence electrons. The minimum Gasteiger partial charge on any atom is -0.0882 e. The summed E-state index contributed by atoms with van der Waals surface area (Å²) in [5.41, 5.74) is 0. The van der Waals surface area contributed by atoms with Gasteiger partial charge in [-0.15, -0.1) is 0 Å². The van der Waals surface area contributed by atoms with Crippen molar-refractivity contribution < 1.29 is 0 Å². The first-order valence-electron chi connectivity index (χ1n) is 3.87. The average Bonchev–Trinajstić information content (AvgIpc) is 2.01. The summed E-state index contributed by atoms with van der Waals surface area (Å²) in [6, 6.07) is 0. The quantitative estimate of drug-likeness (QED) is 0.445. The van der Waals surface area contributed by atoms with E-state index in [1.807, 2.05) is 6.08 Å². The van der Waals surface area contributed by atoms with Gasteiger partial charge in [0.1, 0.15) is 0 Å². The van der Waals surface area contributed by atoms with Crippen molar-refractivity contribution in [1.29, 1.82) is 0 Å². The third-order valence-corrected chi connectivity index (χ3v) is 1.47. The molecule has 0 fully saturated rings. The molecule has 0 aromatic rings. The molecule has 0 bridgehead atoms. The predicted molar refractivity (Wildman–Crippen MR) is 44.6 cm³/mol. The summed E-state index contributed by atoms with van der Waals surface area (Å²) in [6.45, 7) is 0. The van der Waals surface area contributed by atoms with E-state index in [2.05, 4.69) is 30.4 Å². The highest BCUT2D eigenvalue weighted by atomic mass is 13.9. The van der Waals surface area contributed by atoms with Crippen LogP contribution in [0.1, 0.15) is 25.7 Å². The summed E-state index contributed by atoms with van der Waals surface area (Å²) in [4.78, 5) is 0. The average molecular weight is 133 g/mol. The maximum atomic E-state index is 3.19. The second-order valence-corrected chi connectivity index (χ2v) is 2.39. The second-order valence-electron chi connectivity index (χ2n) is 2.39. The van der Waals surface area contributed by atoms with Gasteiger partial charge in [-0.25, -0.2) is 0 Å². The highest BCUT2D eigenvalue weighted by Crippen LogP contribution is 1.99. The van der Waals surface area contributed by atoms with E-state index in [1.54, 1.807) is 0 Å². The summed E-state index contributed by atoms with van der Waals surface area (Å²) >= 11 is 0. The smallest absolute Gasteiger partial charge is 0.0241 e. The molecule has 0 saturated carbocycles. The van der Waals surface area contributed by atoms with Crippen LogP contribution >= 0.6 is 0 Å². The Kier molecular flexibility index (Phi) is 3.69. The normalized spacial score (nSPS) is 28.8. The number of allylic oxidation sites excluding steroid dienone is 6. The van der Waals surface area contributed by atoms with Crippen molar-refractivity contribution >= 4 is 0 Å². The lowest BCUT2D eigenvalue weighted by Gasteiger charge is -1.89. The fourth-order valence-corrected chi connectivity index (χ4v) is 0.910. The van der Waals surface area contributed by atoms with Crippen molar-refractivity contribution in [3.63, 3.8) is 0 Å². The fraction of sp³-hybridized carbons (Fsp3) is 0.400. The molecule has 1 aliphatic carbocycles. The van der Waals surface area contributed by atoms with Crippen LogP contribution in [0.25, 0.3) is 0 Å². The molecular formula is C10H13. The van der Waals surface area contributed by atoms with Gasteiger partial charge in [-0.05, 0) is 31.8 Å². The van der Waals surface area contributed by atoms with E-state index in [-0.39, 0.29) is 0 Å². The van der Waals surface area contributed by atoms with Gasteiger partial charge in [-0.1, -0.05) is 30.4 Å². The highest BCUT2D eigenvalue weighted by molar-refractivity contribution is 5.01. The Balaban J connectivity index is 2.38. The maximum absolute atomic E-state index is 3.19. The van der Waals surface area contributed by atoms with E-state index >= 15 is 0 Å². The van der Waals surface area contributed by atoms with Crippen LogP contribution in [0.5, 0.6) is 0 Å². The van der Waals surface area contributed by atoms with Crippen molar-refractivity contribution in [2.45, 2.75) is 25.7 Å². The fourth-order valence-electron chi connectivity index (χ4n) is 0.910. The Bertz CT molecular complexity index is 131. The predicted octanol–water partition coefficient (Wildman–Crippen LogP) is 3.03. The van der Waals surface area contributed by atoms with Gasteiger partial charge in [0.25, 0.3) is 0 Å². The van der Waals surface area contributed by atoms with Crippen molar-refractivity contribution in [3.05, 3.63) is 36.5 Å². The molecule has 0 aromatic heterocycles. The number of hydrogen-bond acceptors (Lipinski definition) is 0. The van der Waals surface area contributed by atoms with Gasteiger partial charge in [0.15, 0.2) is 0 Å². The SMILES string of the molecule is [C]1=C\C=C\CC/C=C\CC/1. The molecule has 0 aliphatic heterocycles. The molecule has 0 unspecified atom stereocenters. The van der Waals surface area contributed by atoms with Crippen LogP contribution in [0, 0.1) is 6.08 Å². The van der Waals surface area contributed by atoms with Crippen LogP contribution < -0.4 is 0 Å². The van der Waals surface area contributed by atoms with Gasteiger partial charge >= 0.3 is 0 Å². The zero-order chi connectivity index (χ0) is 7.07. The molecule has 0 atom stereocenters. The molecule has 10 heavy (non-hydrogen) atoms. The zero-order valence-electron chi connectivity index (χ0n) is 6.22. The molecule has 1 aliphatic rings. The van der Waals surface area contributed by atoms with E-state index in [9.17, 15) is 0 Å². The van der Waals surface area contributed by atoms with E-state index in [4.69, 9.17) is 0 Å². The lowest BCUT2D eigenvalue weighted by molar-refractivity contribution is 0.984. The van der Waals surface area contributed by atoms with Gasteiger partial charge in [0, 0.05) is 0 Å². The van der Waals surface area contributed by atoms with E-state index in [0.717, 1.165) is 19.3 Å². The Labute approximate surface area is 62.9 Å². The standard InChI is InChI=1S/C10H13/c1-2-4-6-8-10-9-7-5-3-1/h1-3,8,10H,4,6-7,9H2/b2-1+,5-3?,10-8-. The van der Waals surface area contributed by atoms with Crippen LogP contribution in [0.15, 0.2) is 30.4 Å². The summed E-state index contributed by atoms with van der Waals surface area (Å²) in [5.74, 6) is 0. The first kappa shape index (κ1) is 7.33. The molecule has 0 aromatic carbocycles. The Hall–Kier alpha value is -0.780. The van der Waals surface area contributed by atoms with Crippen molar-refractivity contribution in [2.75, 3.05) is 0 Å². The molecule has 0 amide bonds. The lowest BCUT2D eigenvalue weighted by atomic mass is 10.2. The van der Waals surface area contributed by atoms with Gasteiger partial charge < -0.3 is 0 Å². The second kappa shape index (κ2) is 5.04. The van der Waals surface area contributed by atoms with Gasteiger partial charge in [-0.2, -0.15) is 0 Å². The molecule has 1 rings (SSSR count).